The molecule has 1 heteroatoms. The van der Waals surface area contributed by atoms with Gasteiger partial charge in [-0.25, -0.2) is 0 Å². The number of anilines is 3. The molecule has 8 aromatic rings. The molecule has 0 N–H and O–H groups in total. The molecule has 0 heterocycles. The molecule has 10 rings (SSSR count). The van der Waals surface area contributed by atoms with Crippen LogP contribution in [0.2, 0.25) is 0 Å². The number of benzene rings is 8. The van der Waals surface area contributed by atoms with Crippen LogP contribution in [0.4, 0.5) is 17.1 Å². The summed E-state index contributed by atoms with van der Waals surface area (Å²) in [5.74, 6) is 0. The second-order valence-corrected chi connectivity index (χ2v) is 14.9. The monoisotopic (exact) mass is 627 g/mol. The second kappa shape index (κ2) is 9.94. The van der Waals surface area contributed by atoms with Gasteiger partial charge in [0.25, 0.3) is 0 Å². The van der Waals surface area contributed by atoms with Gasteiger partial charge in [-0.2, -0.15) is 0 Å². The molecule has 0 atom stereocenters. The van der Waals surface area contributed by atoms with Gasteiger partial charge in [0.15, 0.2) is 0 Å². The third-order valence-electron chi connectivity index (χ3n) is 11.6. The smallest absolute Gasteiger partial charge is 0.0540 e. The minimum Gasteiger partial charge on any atom is -0.309 e. The van der Waals surface area contributed by atoms with E-state index in [4.69, 9.17) is 0 Å². The van der Waals surface area contributed by atoms with Crippen molar-refractivity contribution in [3.05, 3.63) is 174 Å². The molecule has 0 saturated carbocycles. The third kappa shape index (κ3) is 3.82. The molecule has 0 aromatic heterocycles. The van der Waals surface area contributed by atoms with Crippen molar-refractivity contribution < 1.29 is 0 Å². The minimum atomic E-state index is -0.202. The molecule has 234 valence electrons. The van der Waals surface area contributed by atoms with E-state index in [2.05, 4.69) is 184 Å². The Morgan fingerprint density at radius 3 is 1.53 bits per heavy atom. The summed E-state index contributed by atoms with van der Waals surface area (Å²) >= 11 is 0. The number of fused-ring (bicyclic) bond motifs is 8. The van der Waals surface area contributed by atoms with Gasteiger partial charge < -0.3 is 4.90 Å². The van der Waals surface area contributed by atoms with E-state index >= 15 is 0 Å². The third-order valence-corrected chi connectivity index (χ3v) is 11.6. The highest BCUT2D eigenvalue weighted by Gasteiger charge is 2.44. The Balaban J connectivity index is 1.22. The van der Waals surface area contributed by atoms with Gasteiger partial charge in [0.2, 0.25) is 0 Å². The van der Waals surface area contributed by atoms with Crippen molar-refractivity contribution in [2.45, 2.75) is 38.5 Å². The summed E-state index contributed by atoms with van der Waals surface area (Å²) in [6.07, 6.45) is 0. The lowest BCUT2D eigenvalue weighted by Gasteiger charge is -2.39. The van der Waals surface area contributed by atoms with E-state index in [9.17, 15) is 0 Å². The molecule has 0 amide bonds. The van der Waals surface area contributed by atoms with Crippen LogP contribution in [-0.4, -0.2) is 0 Å². The topological polar surface area (TPSA) is 3.24 Å². The molecular weight excluding hydrogens is 591 g/mol. The Morgan fingerprint density at radius 1 is 0.388 bits per heavy atom. The van der Waals surface area contributed by atoms with Crippen LogP contribution in [0, 0.1) is 0 Å². The maximum Gasteiger partial charge on any atom is 0.0540 e. The normalized spacial score (nSPS) is 14.9. The maximum atomic E-state index is 2.49. The molecule has 0 aliphatic heterocycles. The van der Waals surface area contributed by atoms with Crippen molar-refractivity contribution in [3.8, 4) is 22.3 Å². The van der Waals surface area contributed by atoms with Gasteiger partial charge in [-0.1, -0.05) is 155 Å². The minimum absolute atomic E-state index is 0.144. The summed E-state index contributed by atoms with van der Waals surface area (Å²) in [6.45, 7) is 9.76. The second-order valence-electron chi connectivity index (χ2n) is 14.9. The van der Waals surface area contributed by atoms with Gasteiger partial charge in [-0.15, -0.1) is 0 Å². The zero-order valence-electron chi connectivity index (χ0n) is 28.4. The zero-order chi connectivity index (χ0) is 33.1. The van der Waals surface area contributed by atoms with Crippen LogP contribution in [0.3, 0.4) is 0 Å². The summed E-state index contributed by atoms with van der Waals surface area (Å²) < 4.78 is 0. The van der Waals surface area contributed by atoms with Crippen molar-refractivity contribution in [3.63, 3.8) is 0 Å². The summed E-state index contributed by atoms with van der Waals surface area (Å²) in [7, 11) is 0. The summed E-state index contributed by atoms with van der Waals surface area (Å²) in [4.78, 5) is 2.49. The van der Waals surface area contributed by atoms with Crippen molar-refractivity contribution in [2.24, 2.45) is 0 Å². The largest absolute Gasteiger partial charge is 0.309 e. The van der Waals surface area contributed by atoms with Crippen molar-refractivity contribution in [1.29, 1.82) is 0 Å². The molecule has 1 nitrogen and oxygen atoms in total. The van der Waals surface area contributed by atoms with Crippen LogP contribution in [-0.2, 0) is 10.8 Å². The molecule has 0 spiro atoms. The highest BCUT2D eigenvalue weighted by Crippen LogP contribution is 2.59. The molecule has 8 aromatic carbocycles. The van der Waals surface area contributed by atoms with E-state index in [1.165, 1.54) is 93.9 Å². The molecule has 49 heavy (non-hydrogen) atoms. The first-order chi connectivity index (χ1) is 23.8. The predicted molar refractivity (Wildman–Crippen MR) is 209 cm³/mol. The van der Waals surface area contributed by atoms with Gasteiger partial charge in [-0.05, 0) is 90.3 Å². The van der Waals surface area contributed by atoms with E-state index in [1.54, 1.807) is 0 Å². The first-order valence-electron chi connectivity index (χ1n) is 17.5. The van der Waals surface area contributed by atoms with Crippen LogP contribution in [0.5, 0.6) is 0 Å². The molecule has 0 bridgehead atoms. The van der Waals surface area contributed by atoms with Gasteiger partial charge >= 0.3 is 0 Å². The lowest BCUT2D eigenvalue weighted by Crippen LogP contribution is -2.29. The Labute approximate surface area is 288 Å². The molecule has 2 aliphatic carbocycles. The number of rotatable bonds is 3. The van der Waals surface area contributed by atoms with Gasteiger partial charge in [0, 0.05) is 27.3 Å². The van der Waals surface area contributed by atoms with E-state index in [0.717, 1.165) is 0 Å². The fourth-order valence-electron chi connectivity index (χ4n) is 9.34. The maximum absolute atomic E-state index is 2.49. The highest BCUT2D eigenvalue weighted by atomic mass is 15.1. The fraction of sp³-hybridized carbons (Fsp3) is 0.125. The van der Waals surface area contributed by atoms with Crippen LogP contribution >= 0.6 is 0 Å². The summed E-state index contributed by atoms with van der Waals surface area (Å²) in [5.41, 5.74) is 14.4. The standard InChI is InChI=1S/C48H37N/c1-47(2)40-22-10-18-32-17-9-21-37(44(32)40)39-28-27-38-36-26-25-33(29-41(36)48(3,4)45(38)46(39)47)49(42-23-11-15-30-13-5-7-19-34(30)42)43-24-12-16-31-14-6-8-20-35(31)43/h5-29H,1-4H3. The summed E-state index contributed by atoms with van der Waals surface area (Å²) in [5, 5.41) is 7.68. The Morgan fingerprint density at radius 2 is 0.878 bits per heavy atom. The molecule has 2 aliphatic rings. The average molecular weight is 628 g/mol. The lowest BCUT2D eigenvalue weighted by atomic mass is 9.63. The van der Waals surface area contributed by atoms with E-state index in [-0.39, 0.29) is 10.8 Å². The van der Waals surface area contributed by atoms with E-state index < -0.39 is 0 Å². The number of hydrogen-bond acceptors (Lipinski definition) is 1. The van der Waals surface area contributed by atoms with Crippen LogP contribution in [0.1, 0.15) is 49.9 Å². The van der Waals surface area contributed by atoms with Gasteiger partial charge in [0.05, 0.1) is 11.4 Å². The van der Waals surface area contributed by atoms with Gasteiger partial charge in [-0.3, -0.25) is 0 Å². The molecule has 0 saturated heterocycles. The predicted octanol–water partition coefficient (Wildman–Crippen LogP) is 13.2. The Bertz CT molecular complexity index is 2580. The van der Waals surface area contributed by atoms with Crippen LogP contribution in [0.15, 0.2) is 152 Å². The van der Waals surface area contributed by atoms with Crippen molar-refractivity contribution >= 4 is 49.4 Å². The molecule has 0 radical (unpaired) electrons. The Hall–Kier alpha value is -5.66. The van der Waals surface area contributed by atoms with Gasteiger partial charge in [0.1, 0.15) is 0 Å². The van der Waals surface area contributed by atoms with E-state index in [0.29, 0.717) is 0 Å². The summed E-state index contributed by atoms with van der Waals surface area (Å²) in [6, 6.07) is 56.5. The fourth-order valence-corrected chi connectivity index (χ4v) is 9.34. The average Bonchev–Trinajstić information content (AvgIpc) is 3.36. The molecule has 0 fully saturated rings. The van der Waals surface area contributed by atoms with Crippen LogP contribution < -0.4 is 4.90 Å². The Kier molecular flexibility index (Phi) is 5.75. The van der Waals surface area contributed by atoms with Crippen molar-refractivity contribution in [1.82, 2.24) is 0 Å². The highest BCUT2D eigenvalue weighted by molar-refractivity contribution is 6.07. The SMILES string of the molecule is CC1(C)c2cc(N(c3cccc4ccccc34)c3cccc4ccccc34)ccc2-c2ccc3c(c21)C(C)(C)c1cccc2cccc-3c12. The molecular formula is C48H37N. The van der Waals surface area contributed by atoms with Crippen molar-refractivity contribution in [2.75, 3.05) is 4.90 Å². The number of hydrogen-bond donors (Lipinski definition) is 0. The van der Waals surface area contributed by atoms with E-state index in [1.807, 2.05) is 0 Å². The zero-order valence-corrected chi connectivity index (χ0v) is 28.4. The van der Waals surface area contributed by atoms with Crippen LogP contribution in [0.25, 0.3) is 54.6 Å². The quantitative estimate of drug-likeness (QED) is 0.188. The number of nitrogens with zero attached hydrogens (tertiary/aromatic N) is 1. The first kappa shape index (κ1) is 28.4. The lowest BCUT2D eigenvalue weighted by molar-refractivity contribution is 0.591. The first-order valence-corrected chi connectivity index (χ1v) is 17.5. The molecule has 0 unspecified atom stereocenters.